The van der Waals surface area contributed by atoms with Crippen LogP contribution in [0.2, 0.25) is 0 Å². The second kappa shape index (κ2) is 5.01. The molecule has 0 aliphatic carbocycles. The third-order valence-electron chi connectivity index (χ3n) is 2.95. The van der Waals surface area contributed by atoms with Crippen molar-refractivity contribution >= 4 is 0 Å². The van der Waals surface area contributed by atoms with E-state index in [0.29, 0.717) is 0 Å². The summed E-state index contributed by atoms with van der Waals surface area (Å²) in [5.41, 5.74) is 2.80. The van der Waals surface area contributed by atoms with Gasteiger partial charge in [-0.25, -0.2) is 9.59 Å². The number of hydrogen-bond acceptors (Lipinski definition) is 4. The van der Waals surface area contributed by atoms with E-state index in [1.54, 1.807) is 12.1 Å². The highest BCUT2D eigenvalue weighted by Crippen LogP contribution is 2.23. The van der Waals surface area contributed by atoms with Crippen LogP contribution in [0.5, 0.6) is 0 Å². The van der Waals surface area contributed by atoms with Gasteiger partial charge in [0.1, 0.15) is 12.5 Å². The highest BCUT2D eigenvalue weighted by molar-refractivity contribution is 5.69. The smallest absolute Gasteiger partial charge is 0.335 e. The Balaban J connectivity index is 1.95. The maximum atomic E-state index is 10.9. The first-order chi connectivity index (χ1) is 9.72. The molecule has 0 radical (unpaired) electrons. The fourth-order valence-electron chi connectivity index (χ4n) is 1.90. The van der Waals surface area contributed by atoms with Crippen molar-refractivity contribution < 1.29 is 8.83 Å². The van der Waals surface area contributed by atoms with Crippen LogP contribution in [0.3, 0.4) is 0 Å². The van der Waals surface area contributed by atoms with Gasteiger partial charge in [-0.05, 0) is 23.3 Å². The third-order valence-corrected chi connectivity index (χ3v) is 2.95. The lowest BCUT2D eigenvalue weighted by Gasteiger charge is -2.03. The molecule has 20 heavy (non-hydrogen) atoms. The molecular formula is C16H10O4. The Hall–Kier alpha value is -2.88. The van der Waals surface area contributed by atoms with Crippen LogP contribution in [-0.2, 0) is 0 Å². The second-order valence-electron chi connectivity index (χ2n) is 4.26. The average molecular weight is 266 g/mol. The molecule has 2 heterocycles. The highest BCUT2D eigenvalue weighted by atomic mass is 16.4. The van der Waals surface area contributed by atoms with Crippen LogP contribution in [0.15, 0.2) is 79.5 Å². The summed E-state index contributed by atoms with van der Waals surface area (Å²) in [7, 11) is 0. The molecule has 98 valence electrons. The first kappa shape index (κ1) is 12.2. The largest absolute Gasteiger partial charge is 0.431 e. The minimum atomic E-state index is -0.371. The van der Waals surface area contributed by atoms with E-state index in [2.05, 4.69) is 0 Å². The van der Waals surface area contributed by atoms with Crippen molar-refractivity contribution in [3.05, 3.63) is 81.9 Å². The van der Waals surface area contributed by atoms with E-state index >= 15 is 0 Å². The molecule has 1 aromatic carbocycles. The molecule has 0 saturated carbocycles. The summed E-state index contributed by atoms with van der Waals surface area (Å²) in [5, 5.41) is 0. The number of hydrogen-bond donors (Lipinski definition) is 0. The first-order valence-electron chi connectivity index (χ1n) is 6.01. The zero-order valence-electron chi connectivity index (χ0n) is 10.4. The van der Waals surface area contributed by atoms with Gasteiger partial charge in [0.25, 0.3) is 0 Å². The standard InChI is InChI=1S/C16H10O4/c17-15-7-5-13(9-19-15)11-1-2-12(4-3-11)14-6-8-16(18)20-10-14/h1-10H. The Kier molecular flexibility index (Phi) is 3.05. The van der Waals surface area contributed by atoms with E-state index in [9.17, 15) is 9.59 Å². The van der Waals surface area contributed by atoms with Gasteiger partial charge in [0.2, 0.25) is 0 Å². The Labute approximate surface area is 113 Å². The monoisotopic (exact) mass is 266 g/mol. The van der Waals surface area contributed by atoms with Gasteiger partial charge < -0.3 is 8.83 Å². The molecule has 0 unspecified atom stereocenters. The van der Waals surface area contributed by atoms with Crippen LogP contribution in [0.25, 0.3) is 22.3 Å². The van der Waals surface area contributed by atoms with Crippen molar-refractivity contribution in [2.45, 2.75) is 0 Å². The van der Waals surface area contributed by atoms with E-state index in [1.165, 1.54) is 24.7 Å². The molecule has 0 aliphatic rings. The summed E-state index contributed by atoms with van der Waals surface area (Å²) >= 11 is 0. The molecular weight excluding hydrogens is 256 g/mol. The van der Waals surface area contributed by atoms with Crippen LogP contribution in [-0.4, -0.2) is 0 Å². The Morgan fingerprint density at radius 1 is 0.500 bits per heavy atom. The normalized spacial score (nSPS) is 10.4. The summed E-state index contributed by atoms with van der Waals surface area (Å²) in [5.74, 6) is 0. The van der Waals surface area contributed by atoms with E-state index in [1.807, 2.05) is 24.3 Å². The molecule has 4 nitrogen and oxygen atoms in total. The molecule has 0 atom stereocenters. The zero-order valence-corrected chi connectivity index (χ0v) is 10.4. The predicted molar refractivity (Wildman–Crippen MR) is 74.4 cm³/mol. The van der Waals surface area contributed by atoms with Crippen LogP contribution in [0.4, 0.5) is 0 Å². The lowest BCUT2D eigenvalue weighted by atomic mass is 10.0. The van der Waals surface area contributed by atoms with Crippen molar-refractivity contribution in [3.8, 4) is 22.3 Å². The van der Waals surface area contributed by atoms with Crippen molar-refractivity contribution in [2.75, 3.05) is 0 Å². The minimum absolute atomic E-state index is 0.371. The molecule has 0 N–H and O–H groups in total. The van der Waals surface area contributed by atoms with Crippen LogP contribution < -0.4 is 11.3 Å². The van der Waals surface area contributed by atoms with E-state index < -0.39 is 0 Å². The highest BCUT2D eigenvalue weighted by Gasteiger charge is 2.02. The fraction of sp³-hybridized carbons (Fsp3) is 0. The van der Waals surface area contributed by atoms with Gasteiger partial charge >= 0.3 is 11.3 Å². The molecule has 0 fully saturated rings. The molecule has 0 aliphatic heterocycles. The van der Waals surface area contributed by atoms with Crippen molar-refractivity contribution in [1.29, 1.82) is 0 Å². The van der Waals surface area contributed by atoms with Crippen LogP contribution in [0.1, 0.15) is 0 Å². The third kappa shape index (κ3) is 2.44. The van der Waals surface area contributed by atoms with Gasteiger partial charge in [0, 0.05) is 23.3 Å². The van der Waals surface area contributed by atoms with Gasteiger partial charge in [-0.15, -0.1) is 0 Å². The van der Waals surface area contributed by atoms with Gasteiger partial charge in [-0.3, -0.25) is 0 Å². The molecule has 3 rings (SSSR count). The predicted octanol–water partition coefficient (Wildman–Crippen LogP) is 2.93. The SMILES string of the molecule is O=c1ccc(-c2ccc(-c3ccc(=O)oc3)cc2)co1. The summed E-state index contributed by atoms with van der Waals surface area (Å²) in [6.07, 6.45) is 2.86. The molecule has 0 bridgehead atoms. The first-order valence-corrected chi connectivity index (χ1v) is 6.01. The maximum Gasteiger partial charge on any atom is 0.335 e. The van der Waals surface area contributed by atoms with Gasteiger partial charge in [0.05, 0.1) is 0 Å². The van der Waals surface area contributed by atoms with Crippen LogP contribution in [0, 0.1) is 0 Å². The zero-order chi connectivity index (χ0) is 13.9. The van der Waals surface area contributed by atoms with Gasteiger partial charge in [0.15, 0.2) is 0 Å². The maximum absolute atomic E-state index is 10.9. The summed E-state index contributed by atoms with van der Waals surface area (Å²) in [6.45, 7) is 0. The Morgan fingerprint density at radius 3 is 1.15 bits per heavy atom. The Morgan fingerprint density at radius 2 is 0.850 bits per heavy atom. The van der Waals surface area contributed by atoms with E-state index in [0.717, 1.165) is 22.3 Å². The molecule has 0 spiro atoms. The van der Waals surface area contributed by atoms with E-state index in [-0.39, 0.29) is 11.3 Å². The van der Waals surface area contributed by atoms with Crippen molar-refractivity contribution in [2.24, 2.45) is 0 Å². The van der Waals surface area contributed by atoms with Gasteiger partial charge in [-0.1, -0.05) is 24.3 Å². The lowest BCUT2D eigenvalue weighted by molar-refractivity contribution is 0.512. The lowest BCUT2D eigenvalue weighted by Crippen LogP contribution is -1.94. The quantitative estimate of drug-likeness (QED) is 0.715. The van der Waals surface area contributed by atoms with Crippen molar-refractivity contribution in [3.63, 3.8) is 0 Å². The molecule has 0 amide bonds. The summed E-state index contributed by atoms with van der Waals surface area (Å²) in [6, 6.07) is 13.8. The fourth-order valence-corrected chi connectivity index (χ4v) is 1.90. The summed E-state index contributed by atoms with van der Waals surface area (Å²) < 4.78 is 9.67. The number of rotatable bonds is 2. The van der Waals surface area contributed by atoms with Gasteiger partial charge in [-0.2, -0.15) is 0 Å². The minimum Gasteiger partial charge on any atom is -0.431 e. The molecule has 4 heteroatoms. The van der Waals surface area contributed by atoms with E-state index in [4.69, 9.17) is 8.83 Å². The molecule has 2 aromatic heterocycles. The van der Waals surface area contributed by atoms with Crippen LogP contribution >= 0.6 is 0 Å². The topological polar surface area (TPSA) is 60.4 Å². The average Bonchev–Trinajstić information content (AvgIpc) is 2.49. The number of benzene rings is 1. The second-order valence-corrected chi connectivity index (χ2v) is 4.26. The molecule has 0 saturated heterocycles. The summed E-state index contributed by atoms with van der Waals surface area (Å²) in [4.78, 5) is 21.8. The molecule has 3 aromatic rings. The Bertz CT molecular complexity index is 728. The van der Waals surface area contributed by atoms with Crippen molar-refractivity contribution in [1.82, 2.24) is 0 Å².